The number of hydrogen-bond acceptors (Lipinski definition) is 5. The molecule has 0 saturated heterocycles. The molecule has 0 bridgehead atoms. The summed E-state index contributed by atoms with van der Waals surface area (Å²) in [5.74, 6) is -0.176. The zero-order chi connectivity index (χ0) is 49.9. The highest BCUT2D eigenvalue weighted by Gasteiger charge is 2.27. The van der Waals surface area contributed by atoms with Gasteiger partial charge in [0, 0.05) is 6.42 Å². The minimum Gasteiger partial charge on any atom is -0.387 e. The lowest BCUT2D eigenvalue weighted by Crippen LogP contribution is -2.45. The molecule has 3 N–H and O–H groups in total. The van der Waals surface area contributed by atoms with Crippen molar-refractivity contribution >= 4 is 13.7 Å². The summed E-state index contributed by atoms with van der Waals surface area (Å²) in [4.78, 5) is 23.3. The number of phosphoric acid groups is 1. The fourth-order valence-corrected chi connectivity index (χ4v) is 9.01. The van der Waals surface area contributed by atoms with E-state index in [1.807, 2.05) is 27.2 Å². The highest BCUT2D eigenvalue weighted by molar-refractivity contribution is 7.47. The molecule has 0 aliphatic carbocycles. The standard InChI is InChI=1S/C59H111N2O6P/c1-6-8-10-12-14-16-18-20-22-23-24-25-26-27-28-29-30-31-32-33-34-35-36-37-39-41-43-45-47-49-51-53-59(63)60-57(56-67-68(64,65)66-55-54-61(3,4)5)58(62)52-50-48-46-44-42-40-38-21-19-17-15-13-11-9-7-2/h8,10,14,16,20,22,24-25,50,52,57-58,62H,6-7,9,11-13,15,17-19,21,23,26-49,51,53-56H2,1-5H3,(H-,60,63,64,65)/p+1/b10-8-,16-14-,22-20-,25-24-,52-50+. The third-order valence-corrected chi connectivity index (χ3v) is 13.7. The molecule has 0 spiro atoms. The Bertz CT molecular complexity index is 1290. The molecule has 9 heteroatoms. The Labute approximate surface area is 422 Å². The maximum absolute atomic E-state index is 13.0. The Hall–Kier alpha value is -1.80. The van der Waals surface area contributed by atoms with Gasteiger partial charge in [0.1, 0.15) is 13.2 Å². The largest absolute Gasteiger partial charge is 0.472 e. The molecule has 3 unspecified atom stereocenters. The van der Waals surface area contributed by atoms with Crippen LogP contribution in [-0.4, -0.2) is 73.4 Å². The van der Waals surface area contributed by atoms with Crippen LogP contribution in [-0.2, 0) is 18.4 Å². The average Bonchev–Trinajstić information content (AvgIpc) is 3.30. The van der Waals surface area contributed by atoms with Crippen molar-refractivity contribution in [2.45, 2.75) is 270 Å². The average molecular weight is 977 g/mol. The number of amides is 1. The van der Waals surface area contributed by atoms with Crippen LogP contribution >= 0.6 is 7.82 Å². The van der Waals surface area contributed by atoms with Gasteiger partial charge in [0.2, 0.25) is 5.91 Å². The zero-order valence-corrected chi connectivity index (χ0v) is 46.2. The molecule has 0 saturated carbocycles. The number of rotatable bonds is 52. The molecule has 0 heterocycles. The summed E-state index contributed by atoms with van der Waals surface area (Å²) in [6.07, 6.45) is 67.5. The van der Waals surface area contributed by atoms with Gasteiger partial charge >= 0.3 is 7.82 Å². The second-order valence-corrected chi connectivity index (χ2v) is 22.1. The highest BCUT2D eigenvalue weighted by atomic mass is 31.2. The van der Waals surface area contributed by atoms with E-state index in [1.165, 1.54) is 173 Å². The van der Waals surface area contributed by atoms with Gasteiger partial charge in [0.25, 0.3) is 0 Å². The summed E-state index contributed by atoms with van der Waals surface area (Å²) in [6, 6.07) is -0.846. The second-order valence-electron chi connectivity index (χ2n) is 20.6. The molecular weight excluding hydrogens is 864 g/mol. The van der Waals surface area contributed by atoms with Crippen molar-refractivity contribution < 1.29 is 32.9 Å². The first-order chi connectivity index (χ1) is 33.0. The minimum atomic E-state index is -4.34. The summed E-state index contributed by atoms with van der Waals surface area (Å²) >= 11 is 0. The Morgan fingerprint density at radius 1 is 0.515 bits per heavy atom. The molecule has 0 aromatic rings. The van der Waals surface area contributed by atoms with Crippen molar-refractivity contribution in [3.8, 4) is 0 Å². The molecule has 0 aliphatic rings. The summed E-state index contributed by atoms with van der Waals surface area (Å²) in [5.41, 5.74) is 0. The SMILES string of the molecule is CC/C=C\C/C=C\C/C=C\C/C=C\CCCCCCCCCCCCCCCCCCCCC(=O)NC(COP(=O)(O)OCC[N+](C)(C)C)C(O)/C=C/CCCCCCCCCCCCCCC. The first kappa shape index (κ1) is 66.2. The van der Waals surface area contributed by atoms with E-state index in [1.54, 1.807) is 6.08 Å². The van der Waals surface area contributed by atoms with Crippen molar-refractivity contribution in [1.82, 2.24) is 5.32 Å². The predicted molar refractivity (Wildman–Crippen MR) is 295 cm³/mol. The van der Waals surface area contributed by atoms with E-state index in [0.717, 1.165) is 64.2 Å². The van der Waals surface area contributed by atoms with Crippen LogP contribution in [0.4, 0.5) is 0 Å². The number of hydrogen-bond donors (Lipinski definition) is 3. The molecule has 1 amide bonds. The lowest BCUT2D eigenvalue weighted by atomic mass is 10.0. The maximum Gasteiger partial charge on any atom is 0.472 e. The quantitative estimate of drug-likeness (QED) is 0.0243. The van der Waals surface area contributed by atoms with E-state index >= 15 is 0 Å². The first-order valence-corrected chi connectivity index (χ1v) is 30.2. The van der Waals surface area contributed by atoms with Crippen LogP contribution in [0.15, 0.2) is 60.8 Å². The fourth-order valence-electron chi connectivity index (χ4n) is 8.27. The van der Waals surface area contributed by atoms with Crippen molar-refractivity contribution in [3.05, 3.63) is 60.8 Å². The zero-order valence-electron chi connectivity index (χ0n) is 45.3. The number of nitrogens with zero attached hydrogens (tertiary/aromatic N) is 1. The third kappa shape index (κ3) is 52.0. The van der Waals surface area contributed by atoms with Crippen LogP contribution < -0.4 is 5.32 Å². The number of likely N-dealkylation sites (N-methyl/N-ethyl adjacent to an activating group) is 1. The van der Waals surface area contributed by atoms with E-state index in [2.05, 4.69) is 67.8 Å². The molecule has 0 fully saturated rings. The highest BCUT2D eigenvalue weighted by Crippen LogP contribution is 2.43. The van der Waals surface area contributed by atoms with E-state index in [9.17, 15) is 19.4 Å². The topological polar surface area (TPSA) is 105 Å². The Balaban J connectivity index is 4.08. The summed E-state index contributed by atoms with van der Waals surface area (Å²) in [5, 5.41) is 13.9. The van der Waals surface area contributed by atoms with Crippen LogP contribution in [0.2, 0.25) is 0 Å². The van der Waals surface area contributed by atoms with Gasteiger partial charge in [-0.2, -0.15) is 0 Å². The number of aliphatic hydroxyl groups excluding tert-OH is 1. The third-order valence-electron chi connectivity index (χ3n) is 12.7. The molecular formula is C59H112N2O6P+. The molecule has 0 aliphatic heterocycles. The number of nitrogens with one attached hydrogen (secondary N) is 1. The lowest BCUT2D eigenvalue weighted by Gasteiger charge is -2.25. The number of aliphatic hydroxyl groups is 1. The van der Waals surface area contributed by atoms with Gasteiger partial charge in [-0.25, -0.2) is 4.57 Å². The van der Waals surface area contributed by atoms with E-state index in [-0.39, 0.29) is 19.1 Å². The molecule has 0 rings (SSSR count). The summed E-state index contributed by atoms with van der Waals surface area (Å²) in [7, 11) is 1.58. The van der Waals surface area contributed by atoms with Gasteiger partial charge in [-0.15, -0.1) is 0 Å². The molecule has 0 aromatic heterocycles. The number of carbonyl (C=O) groups is 1. The van der Waals surface area contributed by atoms with Gasteiger partial charge in [-0.1, -0.05) is 254 Å². The number of unbranched alkanes of at least 4 members (excludes halogenated alkanes) is 31. The maximum atomic E-state index is 13.0. The van der Waals surface area contributed by atoms with E-state index < -0.39 is 20.0 Å². The van der Waals surface area contributed by atoms with Crippen LogP contribution in [0.3, 0.4) is 0 Å². The van der Waals surface area contributed by atoms with Gasteiger partial charge < -0.3 is 19.8 Å². The Kier molecular flexibility index (Phi) is 48.8. The van der Waals surface area contributed by atoms with Crippen LogP contribution in [0, 0.1) is 0 Å². The van der Waals surface area contributed by atoms with Gasteiger partial charge in [0.15, 0.2) is 0 Å². The van der Waals surface area contributed by atoms with Crippen LogP contribution in [0.25, 0.3) is 0 Å². The Morgan fingerprint density at radius 2 is 0.882 bits per heavy atom. The van der Waals surface area contributed by atoms with Gasteiger partial charge in [-0.05, 0) is 57.8 Å². The Morgan fingerprint density at radius 3 is 1.29 bits per heavy atom. The summed E-state index contributed by atoms with van der Waals surface area (Å²) in [6.45, 7) is 4.72. The lowest BCUT2D eigenvalue weighted by molar-refractivity contribution is -0.870. The van der Waals surface area contributed by atoms with Crippen LogP contribution in [0.1, 0.15) is 258 Å². The van der Waals surface area contributed by atoms with Gasteiger partial charge in [0.05, 0.1) is 39.9 Å². The van der Waals surface area contributed by atoms with E-state index in [4.69, 9.17) is 9.05 Å². The fraction of sp³-hybridized carbons (Fsp3) is 0.814. The molecule has 398 valence electrons. The molecule has 8 nitrogen and oxygen atoms in total. The van der Waals surface area contributed by atoms with Crippen molar-refractivity contribution in [1.29, 1.82) is 0 Å². The summed E-state index contributed by atoms with van der Waals surface area (Å²) < 4.78 is 23.7. The minimum absolute atomic E-state index is 0.0615. The molecule has 3 atom stereocenters. The molecule has 68 heavy (non-hydrogen) atoms. The van der Waals surface area contributed by atoms with Gasteiger partial charge in [-0.3, -0.25) is 13.8 Å². The van der Waals surface area contributed by atoms with Crippen molar-refractivity contribution in [2.75, 3.05) is 40.9 Å². The monoisotopic (exact) mass is 976 g/mol. The predicted octanol–water partition coefficient (Wildman–Crippen LogP) is 17.3. The molecule has 0 radical (unpaired) electrons. The van der Waals surface area contributed by atoms with E-state index in [0.29, 0.717) is 17.4 Å². The molecule has 0 aromatic carbocycles. The number of allylic oxidation sites excluding steroid dienone is 9. The van der Waals surface area contributed by atoms with Crippen molar-refractivity contribution in [2.24, 2.45) is 0 Å². The van der Waals surface area contributed by atoms with Crippen molar-refractivity contribution in [3.63, 3.8) is 0 Å². The second kappa shape index (κ2) is 50.2. The number of phosphoric ester groups is 1. The normalized spacial score (nSPS) is 14.4. The smallest absolute Gasteiger partial charge is 0.387 e. The first-order valence-electron chi connectivity index (χ1n) is 28.7. The number of carbonyl (C=O) groups excluding carboxylic acids is 1. The van der Waals surface area contributed by atoms with Crippen LogP contribution in [0.5, 0.6) is 0 Å². The number of quaternary nitrogens is 1.